The summed E-state index contributed by atoms with van der Waals surface area (Å²) >= 11 is 0. The fraction of sp³-hybridized carbons (Fsp3) is 0.600. The van der Waals surface area contributed by atoms with Crippen LogP contribution >= 0.6 is 0 Å². The largest absolute Gasteiger partial charge is 0.427 e. The van der Waals surface area contributed by atoms with E-state index in [4.69, 9.17) is 20.8 Å². The van der Waals surface area contributed by atoms with Gasteiger partial charge in [0.25, 0.3) is 0 Å². The highest BCUT2D eigenvalue weighted by Gasteiger charge is 2.38. The van der Waals surface area contributed by atoms with E-state index in [-0.39, 0.29) is 18.8 Å². The van der Waals surface area contributed by atoms with Crippen LogP contribution in [0.5, 0.6) is 0 Å². The van der Waals surface area contributed by atoms with Gasteiger partial charge in [0.2, 0.25) is 0 Å². The molecule has 108 valence electrons. The molecule has 1 aliphatic rings. The van der Waals surface area contributed by atoms with Crippen LogP contribution in [0.3, 0.4) is 0 Å². The number of aliphatic hydroxyl groups excluding tert-OH is 1. The van der Waals surface area contributed by atoms with Crippen LogP contribution in [-0.4, -0.2) is 33.5 Å². The monoisotopic (exact) mass is 282 g/mol. The summed E-state index contributed by atoms with van der Waals surface area (Å²) in [7, 11) is 0. The van der Waals surface area contributed by atoms with E-state index in [0.29, 0.717) is 5.56 Å². The third kappa shape index (κ3) is 2.67. The van der Waals surface area contributed by atoms with Gasteiger partial charge in [-0.2, -0.15) is 4.98 Å². The Balaban J connectivity index is 2.24. The summed E-state index contributed by atoms with van der Waals surface area (Å²) in [6.45, 7) is 1.39. The fourth-order valence-electron chi connectivity index (χ4n) is 2.01. The van der Waals surface area contributed by atoms with Gasteiger partial charge in [0, 0.05) is 23.1 Å². The standard InChI is InChI=1S/C10H14N6O4/c1-5-3-16(10(18)13-9(5)11)8-2-6(20-15-14-12)7(4-17)19-8/h3,6-8,17H,2,4H2,1H3,(H2,11,13,18)/t6?,7-,8-/m1/s1. The number of aromatic nitrogens is 2. The van der Waals surface area contributed by atoms with Crippen LogP contribution in [0.15, 0.2) is 16.3 Å². The zero-order valence-electron chi connectivity index (χ0n) is 10.7. The fourth-order valence-corrected chi connectivity index (χ4v) is 2.01. The van der Waals surface area contributed by atoms with Gasteiger partial charge in [-0.25, -0.2) is 4.79 Å². The van der Waals surface area contributed by atoms with Crippen molar-refractivity contribution in [3.63, 3.8) is 0 Å². The highest BCUT2D eigenvalue weighted by molar-refractivity contribution is 5.35. The Hall–Kier alpha value is -2.29. The van der Waals surface area contributed by atoms with Gasteiger partial charge in [0.15, 0.2) is 0 Å². The maximum Gasteiger partial charge on any atom is 0.351 e. The minimum absolute atomic E-state index is 0.157. The predicted octanol–water partition coefficient (Wildman–Crippen LogP) is 0.0242. The van der Waals surface area contributed by atoms with Crippen LogP contribution in [0.25, 0.3) is 10.4 Å². The molecule has 20 heavy (non-hydrogen) atoms. The van der Waals surface area contributed by atoms with Gasteiger partial charge in [-0.05, 0) is 12.5 Å². The molecule has 0 spiro atoms. The lowest BCUT2D eigenvalue weighted by Gasteiger charge is -2.15. The Bertz CT molecular complexity index is 596. The van der Waals surface area contributed by atoms with Crippen LogP contribution in [-0.2, 0) is 9.57 Å². The SMILES string of the molecule is Cc1cn([C@H]2CC(ON=[N+]=[N-])[C@@H](CO)O2)c(=O)nc1N. The number of hydrogen-bond donors (Lipinski definition) is 2. The van der Waals surface area contributed by atoms with Crippen molar-refractivity contribution in [1.82, 2.24) is 9.55 Å². The number of nitrogens with two attached hydrogens (primary N) is 1. The average molecular weight is 282 g/mol. The molecule has 1 fully saturated rings. The van der Waals surface area contributed by atoms with Crippen molar-refractivity contribution >= 4 is 5.82 Å². The molecular weight excluding hydrogens is 268 g/mol. The number of anilines is 1. The maximum atomic E-state index is 11.8. The molecular formula is C10H14N6O4. The molecule has 10 nitrogen and oxygen atoms in total. The lowest BCUT2D eigenvalue weighted by atomic mass is 10.2. The van der Waals surface area contributed by atoms with Crippen molar-refractivity contribution in [2.45, 2.75) is 31.8 Å². The van der Waals surface area contributed by atoms with Gasteiger partial charge < -0.3 is 20.4 Å². The van der Waals surface area contributed by atoms with E-state index in [0.717, 1.165) is 0 Å². The lowest BCUT2D eigenvalue weighted by molar-refractivity contribution is -0.0625. The smallest absolute Gasteiger partial charge is 0.351 e. The zero-order valence-corrected chi connectivity index (χ0v) is 10.7. The second-order valence-electron chi connectivity index (χ2n) is 4.36. The van der Waals surface area contributed by atoms with Crippen molar-refractivity contribution in [3.05, 3.63) is 32.7 Å². The van der Waals surface area contributed by atoms with Gasteiger partial charge in [-0.1, -0.05) is 0 Å². The Labute approximate surface area is 113 Å². The second kappa shape index (κ2) is 5.78. The summed E-state index contributed by atoms with van der Waals surface area (Å²) in [5.41, 5.74) is 13.9. The van der Waals surface area contributed by atoms with Crippen molar-refractivity contribution < 1.29 is 14.7 Å². The van der Waals surface area contributed by atoms with E-state index in [9.17, 15) is 9.90 Å². The molecule has 2 rings (SSSR count). The van der Waals surface area contributed by atoms with E-state index in [2.05, 4.69) is 15.2 Å². The number of nitrogens with zero attached hydrogens (tertiary/aromatic N) is 5. The third-order valence-electron chi connectivity index (χ3n) is 3.06. The molecule has 0 bridgehead atoms. The molecule has 1 aromatic rings. The molecule has 1 saturated heterocycles. The Morgan fingerprint density at radius 3 is 3.20 bits per heavy atom. The highest BCUT2D eigenvalue weighted by atomic mass is 16.7. The first-order chi connectivity index (χ1) is 9.56. The first kappa shape index (κ1) is 14.1. The first-order valence-electron chi connectivity index (χ1n) is 5.88. The summed E-state index contributed by atoms with van der Waals surface area (Å²) in [4.78, 5) is 22.8. The van der Waals surface area contributed by atoms with Crippen LogP contribution in [0, 0.1) is 6.92 Å². The summed E-state index contributed by atoms with van der Waals surface area (Å²) < 4.78 is 6.78. The Morgan fingerprint density at radius 2 is 2.55 bits per heavy atom. The summed E-state index contributed by atoms with van der Waals surface area (Å²) in [6.07, 6.45) is -0.208. The van der Waals surface area contributed by atoms with Gasteiger partial charge in [0.1, 0.15) is 29.5 Å². The average Bonchev–Trinajstić information content (AvgIpc) is 2.83. The quantitative estimate of drug-likeness (QED) is 0.344. The Kier molecular flexibility index (Phi) is 4.08. The molecule has 0 amide bonds. The third-order valence-corrected chi connectivity index (χ3v) is 3.06. The lowest BCUT2D eigenvalue weighted by Crippen LogP contribution is -2.28. The number of aliphatic hydroxyl groups is 1. The van der Waals surface area contributed by atoms with Crippen LogP contribution < -0.4 is 11.4 Å². The van der Waals surface area contributed by atoms with Crippen molar-refractivity contribution in [1.29, 1.82) is 0 Å². The van der Waals surface area contributed by atoms with Gasteiger partial charge >= 0.3 is 5.69 Å². The molecule has 1 aromatic heterocycles. The molecule has 0 aliphatic carbocycles. The molecule has 3 N–H and O–H groups in total. The van der Waals surface area contributed by atoms with Crippen LogP contribution in [0.2, 0.25) is 0 Å². The van der Waals surface area contributed by atoms with Crippen LogP contribution in [0.1, 0.15) is 18.2 Å². The van der Waals surface area contributed by atoms with Gasteiger partial charge in [-0.15, -0.1) is 0 Å². The summed E-state index contributed by atoms with van der Waals surface area (Å²) in [5.74, 6) is 0.157. The van der Waals surface area contributed by atoms with Gasteiger partial charge in [0.05, 0.1) is 6.61 Å². The molecule has 0 aromatic carbocycles. The molecule has 0 saturated carbocycles. The summed E-state index contributed by atoms with van der Waals surface area (Å²) in [6, 6.07) is 0. The number of hydrogen-bond acceptors (Lipinski definition) is 7. The molecule has 1 unspecified atom stereocenters. The van der Waals surface area contributed by atoms with Crippen molar-refractivity contribution in [2.75, 3.05) is 12.3 Å². The van der Waals surface area contributed by atoms with Crippen molar-refractivity contribution in [3.8, 4) is 0 Å². The van der Waals surface area contributed by atoms with E-state index >= 15 is 0 Å². The van der Waals surface area contributed by atoms with Crippen LogP contribution in [0.4, 0.5) is 5.82 Å². The number of ether oxygens (including phenoxy) is 1. The molecule has 2 heterocycles. The maximum absolute atomic E-state index is 11.8. The molecule has 10 heteroatoms. The van der Waals surface area contributed by atoms with Crippen molar-refractivity contribution in [2.24, 2.45) is 5.28 Å². The minimum atomic E-state index is -0.685. The molecule has 0 radical (unpaired) electrons. The topological polar surface area (TPSA) is 148 Å². The number of aryl methyl sites for hydroxylation is 1. The highest BCUT2D eigenvalue weighted by Crippen LogP contribution is 2.30. The minimum Gasteiger partial charge on any atom is -0.427 e. The Morgan fingerprint density at radius 1 is 1.80 bits per heavy atom. The van der Waals surface area contributed by atoms with Gasteiger partial charge in [-0.3, -0.25) is 4.57 Å². The van der Waals surface area contributed by atoms with E-state index in [1.54, 1.807) is 6.92 Å². The zero-order chi connectivity index (χ0) is 14.7. The number of azide groups is 1. The molecule has 1 aliphatic heterocycles. The predicted molar refractivity (Wildman–Crippen MR) is 67.3 cm³/mol. The number of nitrogen functional groups attached to an aromatic ring is 1. The summed E-state index contributed by atoms with van der Waals surface area (Å²) in [5, 5.41) is 12.2. The second-order valence-corrected chi connectivity index (χ2v) is 4.36. The first-order valence-corrected chi connectivity index (χ1v) is 5.88. The van der Waals surface area contributed by atoms with E-state index in [1.807, 2.05) is 0 Å². The normalized spacial score (nSPS) is 25.2. The molecule has 3 atom stereocenters. The van der Waals surface area contributed by atoms with E-state index < -0.39 is 24.1 Å². The van der Waals surface area contributed by atoms with E-state index in [1.165, 1.54) is 10.8 Å². The number of rotatable bonds is 4.